The predicted molar refractivity (Wildman–Crippen MR) is 68.7 cm³/mol. The van der Waals surface area contributed by atoms with Crippen molar-refractivity contribution in [1.82, 2.24) is 5.43 Å². The highest BCUT2D eigenvalue weighted by molar-refractivity contribution is 5.87. The lowest BCUT2D eigenvalue weighted by Gasteiger charge is -2.02. The molecule has 0 atom stereocenters. The van der Waals surface area contributed by atoms with Gasteiger partial charge < -0.3 is 0 Å². The molecule has 0 radical (unpaired) electrons. The van der Waals surface area contributed by atoms with Gasteiger partial charge in [0.25, 0.3) is 0 Å². The molecular weight excluding hydrogens is 212 g/mol. The first kappa shape index (κ1) is 11.8. The van der Waals surface area contributed by atoms with Crippen molar-refractivity contribution in [1.29, 1.82) is 0 Å². The van der Waals surface area contributed by atoms with E-state index in [0.717, 1.165) is 12.1 Å². The van der Waals surface area contributed by atoms with Crippen LogP contribution < -0.4 is 5.43 Å². The van der Waals surface area contributed by atoms with E-state index in [0.29, 0.717) is 12.3 Å². The molecule has 1 fully saturated rings. The van der Waals surface area contributed by atoms with Gasteiger partial charge in [-0.05, 0) is 37.7 Å². The number of rotatable bonds is 5. The minimum atomic E-state index is -0.00569. The van der Waals surface area contributed by atoms with Crippen LogP contribution in [0.25, 0.3) is 0 Å². The molecular formula is C14H18N2O. The number of aryl methyl sites for hydroxylation is 1. The van der Waals surface area contributed by atoms with E-state index in [1.165, 1.54) is 18.4 Å². The van der Waals surface area contributed by atoms with Crippen molar-refractivity contribution in [3.63, 3.8) is 0 Å². The van der Waals surface area contributed by atoms with Crippen molar-refractivity contribution in [2.24, 2.45) is 11.0 Å². The molecule has 0 spiro atoms. The number of nitrogens with zero attached hydrogens (tertiary/aromatic N) is 1. The van der Waals surface area contributed by atoms with Crippen LogP contribution in [0, 0.1) is 5.92 Å². The number of benzene rings is 1. The highest BCUT2D eigenvalue weighted by atomic mass is 16.2. The summed E-state index contributed by atoms with van der Waals surface area (Å²) in [7, 11) is 0. The SMILES string of the molecule is CC(=NNC(=O)CCc1ccccc1)C1CC1. The van der Waals surface area contributed by atoms with E-state index in [-0.39, 0.29) is 5.91 Å². The molecule has 1 aliphatic rings. The third-order valence-electron chi connectivity index (χ3n) is 3.01. The summed E-state index contributed by atoms with van der Waals surface area (Å²) in [5.74, 6) is 0.610. The molecule has 3 heteroatoms. The second kappa shape index (κ2) is 5.62. The molecule has 3 nitrogen and oxygen atoms in total. The zero-order chi connectivity index (χ0) is 12.1. The van der Waals surface area contributed by atoms with E-state index < -0.39 is 0 Å². The summed E-state index contributed by atoms with van der Waals surface area (Å²) in [6, 6.07) is 10.0. The lowest BCUT2D eigenvalue weighted by Crippen LogP contribution is -2.19. The molecule has 90 valence electrons. The van der Waals surface area contributed by atoms with Crippen molar-refractivity contribution in [2.45, 2.75) is 32.6 Å². The van der Waals surface area contributed by atoms with Crippen LogP contribution in [0.2, 0.25) is 0 Å². The average molecular weight is 230 g/mol. The monoisotopic (exact) mass is 230 g/mol. The maximum Gasteiger partial charge on any atom is 0.240 e. The van der Waals surface area contributed by atoms with Gasteiger partial charge in [0.2, 0.25) is 5.91 Å². The van der Waals surface area contributed by atoms with E-state index in [9.17, 15) is 4.79 Å². The number of hydrazone groups is 1. The third kappa shape index (κ3) is 4.02. The largest absolute Gasteiger partial charge is 0.273 e. The smallest absolute Gasteiger partial charge is 0.240 e. The first-order valence-corrected chi connectivity index (χ1v) is 6.12. The van der Waals surface area contributed by atoms with E-state index in [1.54, 1.807) is 0 Å². The number of hydrogen-bond acceptors (Lipinski definition) is 2. The number of nitrogens with one attached hydrogen (secondary N) is 1. The van der Waals surface area contributed by atoms with Crippen LogP contribution in [-0.4, -0.2) is 11.6 Å². The summed E-state index contributed by atoms with van der Waals surface area (Å²) in [5, 5.41) is 4.12. The van der Waals surface area contributed by atoms with Crippen LogP contribution in [-0.2, 0) is 11.2 Å². The summed E-state index contributed by atoms with van der Waals surface area (Å²) in [6.45, 7) is 1.98. The zero-order valence-corrected chi connectivity index (χ0v) is 10.1. The molecule has 0 unspecified atom stereocenters. The van der Waals surface area contributed by atoms with Crippen LogP contribution in [0.5, 0.6) is 0 Å². The zero-order valence-electron chi connectivity index (χ0n) is 10.1. The molecule has 1 aliphatic carbocycles. The Morgan fingerprint density at radius 1 is 1.35 bits per heavy atom. The second-order valence-corrected chi connectivity index (χ2v) is 4.55. The Labute approximate surface area is 102 Å². The quantitative estimate of drug-likeness (QED) is 0.613. The Morgan fingerprint density at radius 2 is 2.06 bits per heavy atom. The van der Waals surface area contributed by atoms with Crippen molar-refractivity contribution in [3.8, 4) is 0 Å². The van der Waals surface area contributed by atoms with Gasteiger partial charge in [0.15, 0.2) is 0 Å². The maximum atomic E-state index is 11.5. The first-order chi connectivity index (χ1) is 8.25. The second-order valence-electron chi connectivity index (χ2n) is 4.55. The van der Waals surface area contributed by atoms with E-state index >= 15 is 0 Å². The molecule has 2 rings (SSSR count). The van der Waals surface area contributed by atoms with Gasteiger partial charge in [-0.25, -0.2) is 5.43 Å². The third-order valence-corrected chi connectivity index (χ3v) is 3.01. The van der Waals surface area contributed by atoms with Gasteiger partial charge in [-0.1, -0.05) is 30.3 Å². The summed E-state index contributed by atoms with van der Waals surface area (Å²) in [6.07, 6.45) is 3.70. The van der Waals surface area contributed by atoms with Gasteiger partial charge in [-0.3, -0.25) is 4.79 Å². The van der Waals surface area contributed by atoms with Gasteiger partial charge in [-0.15, -0.1) is 0 Å². The van der Waals surface area contributed by atoms with E-state index in [2.05, 4.69) is 10.5 Å². The molecule has 1 N–H and O–H groups in total. The highest BCUT2D eigenvalue weighted by Gasteiger charge is 2.24. The summed E-state index contributed by atoms with van der Waals surface area (Å²) in [5.41, 5.74) is 4.86. The molecule has 0 aromatic heterocycles. The van der Waals surface area contributed by atoms with E-state index in [4.69, 9.17) is 0 Å². The van der Waals surface area contributed by atoms with Crippen molar-refractivity contribution in [3.05, 3.63) is 35.9 Å². The van der Waals surface area contributed by atoms with Crippen molar-refractivity contribution < 1.29 is 4.79 Å². The number of carbonyl (C=O) groups is 1. The number of hydrogen-bond donors (Lipinski definition) is 1. The fraction of sp³-hybridized carbons (Fsp3) is 0.429. The normalized spacial score (nSPS) is 15.7. The maximum absolute atomic E-state index is 11.5. The lowest BCUT2D eigenvalue weighted by molar-refractivity contribution is -0.121. The van der Waals surface area contributed by atoms with E-state index in [1.807, 2.05) is 37.3 Å². The van der Waals surface area contributed by atoms with Crippen molar-refractivity contribution >= 4 is 11.6 Å². The first-order valence-electron chi connectivity index (χ1n) is 6.12. The lowest BCUT2D eigenvalue weighted by atomic mass is 10.1. The fourth-order valence-corrected chi connectivity index (χ4v) is 1.70. The Balaban J connectivity index is 1.72. The number of amides is 1. The molecule has 17 heavy (non-hydrogen) atoms. The van der Waals surface area contributed by atoms with Gasteiger partial charge >= 0.3 is 0 Å². The molecule has 1 amide bonds. The summed E-state index contributed by atoms with van der Waals surface area (Å²) in [4.78, 5) is 11.5. The Kier molecular flexibility index (Phi) is 3.91. The summed E-state index contributed by atoms with van der Waals surface area (Å²) >= 11 is 0. The van der Waals surface area contributed by atoms with Gasteiger partial charge in [0.05, 0.1) is 0 Å². The van der Waals surface area contributed by atoms with Gasteiger partial charge in [0, 0.05) is 12.1 Å². The topological polar surface area (TPSA) is 41.5 Å². The fourth-order valence-electron chi connectivity index (χ4n) is 1.70. The Hall–Kier alpha value is -1.64. The number of carbonyl (C=O) groups excluding carboxylic acids is 1. The highest BCUT2D eigenvalue weighted by Crippen LogP contribution is 2.30. The predicted octanol–water partition coefficient (Wildman–Crippen LogP) is 2.52. The van der Waals surface area contributed by atoms with Crippen LogP contribution in [0.1, 0.15) is 31.7 Å². The molecule has 0 heterocycles. The average Bonchev–Trinajstić information content (AvgIpc) is 3.19. The van der Waals surface area contributed by atoms with Gasteiger partial charge in [0.1, 0.15) is 0 Å². The molecule has 0 saturated heterocycles. The van der Waals surface area contributed by atoms with Crippen LogP contribution >= 0.6 is 0 Å². The Morgan fingerprint density at radius 3 is 2.71 bits per heavy atom. The van der Waals surface area contributed by atoms with Crippen LogP contribution in [0.15, 0.2) is 35.4 Å². The molecule has 1 aromatic carbocycles. The minimum absolute atomic E-state index is 0.00569. The molecule has 0 bridgehead atoms. The molecule has 1 saturated carbocycles. The molecule has 0 aliphatic heterocycles. The standard InChI is InChI=1S/C14H18N2O/c1-11(13-8-9-13)15-16-14(17)10-7-12-5-3-2-4-6-12/h2-6,13H,7-10H2,1H3,(H,16,17). The minimum Gasteiger partial charge on any atom is -0.273 e. The van der Waals surface area contributed by atoms with Crippen molar-refractivity contribution in [2.75, 3.05) is 0 Å². The van der Waals surface area contributed by atoms with Crippen LogP contribution in [0.4, 0.5) is 0 Å². The van der Waals surface area contributed by atoms with Gasteiger partial charge in [-0.2, -0.15) is 5.10 Å². The molecule has 1 aromatic rings. The van der Waals surface area contributed by atoms with Crippen LogP contribution in [0.3, 0.4) is 0 Å². The summed E-state index contributed by atoms with van der Waals surface area (Å²) < 4.78 is 0. The Bertz CT molecular complexity index is 407.